The highest BCUT2D eigenvalue weighted by Crippen LogP contribution is 2.35. The number of hydrogen-bond acceptors (Lipinski definition) is 5. The second-order valence-electron chi connectivity index (χ2n) is 6.26. The van der Waals surface area contributed by atoms with E-state index in [1.165, 1.54) is 0 Å². The van der Waals surface area contributed by atoms with Crippen LogP contribution in [-0.4, -0.2) is 0 Å². The standard InChI is InChI=1S/C24H18O5P/c25-30(28-26-23-17-9-7-15-21(23)19-11-3-1-4-12-19)29-27-24-18-10-8-16-22(24)20-13-5-2-6-14-20/h1-18H/q+1. The van der Waals surface area contributed by atoms with Crippen molar-refractivity contribution in [1.82, 2.24) is 0 Å². The maximum atomic E-state index is 12.1. The Hall–Kier alpha value is -3.50. The molecule has 6 heteroatoms. The number of rotatable bonds is 8. The number of benzene rings is 4. The number of para-hydroxylation sites is 2. The molecule has 5 nitrogen and oxygen atoms in total. The van der Waals surface area contributed by atoms with Crippen molar-refractivity contribution >= 4 is 8.25 Å². The smallest absolute Gasteiger partial charge is 0.290 e. The fraction of sp³-hybridized carbons (Fsp3) is 0. The summed E-state index contributed by atoms with van der Waals surface area (Å²) < 4.78 is 22.0. The summed E-state index contributed by atoms with van der Waals surface area (Å²) >= 11 is 0. The van der Waals surface area contributed by atoms with E-state index in [4.69, 9.17) is 19.1 Å². The Bertz CT molecular complexity index is 1030. The fourth-order valence-corrected chi connectivity index (χ4v) is 3.25. The summed E-state index contributed by atoms with van der Waals surface area (Å²) in [7, 11) is -2.68. The zero-order chi connectivity index (χ0) is 20.6. The van der Waals surface area contributed by atoms with Gasteiger partial charge in [0.05, 0.1) is 0 Å². The van der Waals surface area contributed by atoms with Crippen LogP contribution in [0.15, 0.2) is 109 Å². The lowest BCUT2D eigenvalue weighted by atomic mass is 10.1. The molecule has 0 atom stereocenters. The molecule has 0 fully saturated rings. The molecule has 0 heterocycles. The summed E-state index contributed by atoms with van der Waals surface area (Å²) in [6, 6.07) is 33.9. The second kappa shape index (κ2) is 9.81. The molecular formula is C24H18O5P+. The predicted octanol–water partition coefficient (Wildman–Crippen LogP) is 7.00. The van der Waals surface area contributed by atoms with E-state index < -0.39 is 8.25 Å². The number of hydrogen-bond donors (Lipinski definition) is 0. The fourth-order valence-electron chi connectivity index (χ4n) is 2.94. The summed E-state index contributed by atoms with van der Waals surface area (Å²) in [5, 5.41) is 0. The van der Waals surface area contributed by atoms with Crippen LogP contribution in [0.2, 0.25) is 0 Å². The lowest BCUT2D eigenvalue weighted by molar-refractivity contribution is -0.160. The van der Waals surface area contributed by atoms with Gasteiger partial charge in [0, 0.05) is 15.7 Å². The quantitative estimate of drug-likeness (QED) is 0.176. The monoisotopic (exact) mass is 417 g/mol. The van der Waals surface area contributed by atoms with Gasteiger partial charge >= 0.3 is 8.25 Å². The van der Waals surface area contributed by atoms with Gasteiger partial charge in [0.2, 0.25) is 0 Å². The van der Waals surface area contributed by atoms with Crippen molar-refractivity contribution < 1.29 is 23.7 Å². The van der Waals surface area contributed by atoms with Crippen LogP contribution in [0.1, 0.15) is 0 Å². The zero-order valence-corrected chi connectivity index (χ0v) is 16.8. The van der Waals surface area contributed by atoms with E-state index in [2.05, 4.69) is 0 Å². The molecule has 0 aliphatic rings. The zero-order valence-electron chi connectivity index (χ0n) is 15.9. The van der Waals surface area contributed by atoms with Crippen molar-refractivity contribution in [2.75, 3.05) is 0 Å². The molecule has 0 radical (unpaired) electrons. The largest absolute Gasteiger partial charge is 0.779 e. The maximum Gasteiger partial charge on any atom is 0.779 e. The van der Waals surface area contributed by atoms with Crippen molar-refractivity contribution in [3.8, 4) is 33.8 Å². The summed E-state index contributed by atoms with van der Waals surface area (Å²) in [4.78, 5) is 10.5. The van der Waals surface area contributed by atoms with Crippen molar-refractivity contribution in [3.63, 3.8) is 0 Å². The van der Waals surface area contributed by atoms with Crippen molar-refractivity contribution in [2.24, 2.45) is 0 Å². The first-order valence-electron chi connectivity index (χ1n) is 9.27. The van der Waals surface area contributed by atoms with Crippen LogP contribution in [0.25, 0.3) is 22.3 Å². The average molecular weight is 417 g/mol. The van der Waals surface area contributed by atoms with Gasteiger partial charge in [-0.3, -0.25) is 9.78 Å². The van der Waals surface area contributed by atoms with Gasteiger partial charge in [-0.25, -0.2) is 0 Å². The van der Waals surface area contributed by atoms with Crippen LogP contribution < -0.4 is 9.78 Å². The van der Waals surface area contributed by atoms with E-state index in [9.17, 15) is 4.57 Å². The van der Waals surface area contributed by atoms with Crippen molar-refractivity contribution in [1.29, 1.82) is 0 Å². The van der Waals surface area contributed by atoms with Crippen LogP contribution in [0, 0.1) is 0 Å². The molecule has 0 aliphatic carbocycles. The van der Waals surface area contributed by atoms with Gasteiger partial charge in [-0.05, 0) is 23.3 Å². The lowest BCUT2D eigenvalue weighted by Gasteiger charge is -2.06. The van der Waals surface area contributed by atoms with Gasteiger partial charge in [0.15, 0.2) is 11.5 Å². The molecule has 0 unspecified atom stereocenters. The molecule has 0 spiro atoms. The van der Waals surface area contributed by atoms with Gasteiger partial charge in [0.1, 0.15) is 9.35 Å². The molecule has 30 heavy (non-hydrogen) atoms. The van der Waals surface area contributed by atoms with Gasteiger partial charge in [0.25, 0.3) is 0 Å². The first-order chi connectivity index (χ1) is 14.8. The Morgan fingerprint density at radius 1 is 0.467 bits per heavy atom. The Balaban J connectivity index is 1.40. The van der Waals surface area contributed by atoms with Crippen molar-refractivity contribution in [3.05, 3.63) is 109 Å². The highest BCUT2D eigenvalue weighted by Gasteiger charge is 2.28. The van der Waals surface area contributed by atoms with Gasteiger partial charge in [-0.2, -0.15) is 0 Å². The average Bonchev–Trinajstić information content (AvgIpc) is 2.83. The first-order valence-corrected chi connectivity index (χ1v) is 10.4. The minimum atomic E-state index is -2.68. The molecule has 0 saturated carbocycles. The maximum absolute atomic E-state index is 12.1. The molecule has 0 aromatic heterocycles. The van der Waals surface area contributed by atoms with E-state index >= 15 is 0 Å². The van der Waals surface area contributed by atoms with Crippen LogP contribution >= 0.6 is 8.25 Å². The van der Waals surface area contributed by atoms with Crippen LogP contribution in [0.4, 0.5) is 0 Å². The van der Waals surface area contributed by atoms with Gasteiger partial charge < -0.3 is 0 Å². The summed E-state index contributed by atoms with van der Waals surface area (Å²) in [5.41, 5.74) is 3.50. The molecule has 0 N–H and O–H groups in total. The third-order valence-corrected chi connectivity index (χ3v) is 4.71. The van der Waals surface area contributed by atoms with Crippen LogP contribution in [0.5, 0.6) is 11.5 Å². The minimum Gasteiger partial charge on any atom is -0.290 e. The van der Waals surface area contributed by atoms with Gasteiger partial charge in [-0.1, -0.05) is 97.1 Å². The van der Waals surface area contributed by atoms with E-state index in [1.54, 1.807) is 24.3 Å². The molecule has 4 aromatic rings. The molecule has 0 amide bonds. The van der Waals surface area contributed by atoms with E-state index in [0.29, 0.717) is 11.5 Å². The molecule has 0 saturated heterocycles. The summed E-state index contributed by atoms with van der Waals surface area (Å²) in [6.07, 6.45) is 0. The van der Waals surface area contributed by atoms with E-state index in [0.717, 1.165) is 22.3 Å². The topological polar surface area (TPSA) is 54.0 Å². The van der Waals surface area contributed by atoms with Gasteiger partial charge in [-0.15, -0.1) is 0 Å². The molecule has 4 rings (SSSR count). The Labute approximate surface area is 175 Å². The Kier molecular flexibility index (Phi) is 6.47. The molecule has 0 aliphatic heterocycles. The third-order valence-electron chi connectivity index (χ3n) is 4.32. The predicted molar refractivity (Wildman–Crippen MR) is 115 cm³/mol. The van der Waals surface area contributed by atoms with E-state index in [-0.39, 0.29) is 0 Å². The molecule has 4 aromatic carbocycles. The SMILES string of the molecule is O=[P+](OOc1ccccc1-c1ccccc1)OOc1ccccc1-c1ccccc1. The Morgan fingerprint density at radius 3 is 1.27 bits per heavy atom. The summed E-state index contributed by atoms with van der Waals surface area (Å²) in [6.45, 7) is 0. The second-order valence-corrected chi connectivity index (χ2v) is 7.01. The molecule has 0 bridgehead atoms. The van der Waals surface area contributed by atoms with E-state index in [1.807, 2.05) is 84.9 Å². The first kappa shape index (κ1) is 19.8. The highest BCUT2D eigenvalue weighted by molar-refractivity contribution is 7.33. The third kappa shape index (κ3) is 4.91. The molecular weight excluding hydrogens is 399 g/mol. The highest BCUT2D eigenvalue weighted by atomic mass is 31.1. The van der Waals surface area contributed by atoms with Crippen molar-refractivity contribution in [2.45, 2.75) is 0 Å². The lowest BCUT2D eigenvalue weighted by Crippen LogP contribution is -1.97. The molecule has 148 valence electrons. The van der Waals surface area contributed by atoms with Crippen LogP contribution in [0.3, 0.4) is 0 Å². The minimum absolute atomic E-state index is 0.417. The Morgan fingerprint density at radius 2 is 0.833 bits per heavy atom. The summed E-state index contributed by atoms with van der Waals surface area (Å²) in [5.74, 6) is 0.834. The normalized spacial score (nSPS) is 10.4. The van der Waals surface area contributed by atoms with Crippen LogP contribution in [-0.2, 0) is 13.9 Å².